The quantitative estimate of drug-likeness (QED) is 0.786. The minimum atomic E-state index is -3.65. The molecule has 1 aromatic heterocycles. The molecule has 0 spiro atoms. The standard InChI is InChI=1S/C12H19N3O4S2/c1-14-5-6-15(2)9(8-14)7-13-21(18,19)11-4-3-10(20-11)12(16)17/h3-4,9,13H,5-8H2,1-2H3,(H,16,17). The van der Waals surface area contributed by atoms with Crippen molar-refractivity contribution in [2.45, 2.75) is 10.3 Å². The molecule has 118 valence electrons. The number of aromatic carboxylic acids is 1. The molecule has 2 heterocycles. The summed E-state index contributed by atoms with van der Waals surface area (Å²) in [5.41, 5.74) is 0. The van der Waals surface area contributed by atoms with E-state index in [0.29, 0.717) is 6.54 Å². The van der Waals surface area contributed by atoms with Crippen molar-refractivity contribution in [3.63, 3.8) is 0 Å². The topological polar surface area (TPSA) is 90.0 Å². The maximum Gasteiger partial charge on any atom is 0.345 e. The average molecular weight is 333 g/mol. The Bertz CT molecular complexity index is 614. The molecule has 2 rings (SSSR count). The van der Waals surface area contributed by atoms with E-state index in [2.05, 4.69) is 14.5 Å². The van der Waals surface area contributed by atoms with Crippen LogP contribution in [0.4, 0.5) is 0 Å². The Morgan fingerprint density at radius 3 is 2.76 bits per heavy atom. The fourth-order valence-corrected chi connectivity index (χ4v) is 4.44. The van der Waals surface area contributed by atoms with Crippen molar-refractivity contribution in [1.82, 2.24) is 14.5 Å². The number of rotatable bonds is 5. The molecule has 0 radical (unpaired) electrons. The van der Waals surface area contributed by atoms with E-state index < -0.39 is 16.0 Å². The van der Waals surface area contributed by atoms with Crippen LogP contribution < -0.4 is 4.72 Å². The van der Waals surface area contributed by atoms with Gasteiger partial charge in [0.1, 0.15) is 9.09 Å². The molecule has 0 saturated carbocycles. The Morgan fingerprint density at radius 1 is 1.43 bits per heavy atom. The van der Waals surface area contributed by atoms with Gasteiger partial charge in [-0.3, -0.25) is 4.90 Å². The fourth-order valence-electron chi connectivity index (χ4n) is 2.18. The number of likely N-dealkylation sites (N-methyl/N-ethyl adjacent to an activating group) is 2. The Morgan fingerprint density at radius 2 is 2.14 bits per heavy atom. The van der Waals surface area contributed by atoms with Crippen molar-refractivity contribution < 1.29 is 18.3 Å². The molecule has 0 aromatic carbocycles. The van der Waals surface area contributed by atoms with Crippen LogP contribution in [0.3, 0.4) is 0 Å². The highest BCUT2D eigenvalue weighted by Crippen LogP contribution is 2.21. The fraction of sp³-hybridized carbons (Fsp3) is 0.583. The van der Waals surface area contributed by atoms with Gasteiger partial charge in [0.05, 0.1) is 0 Å². The molecule has 1 unspecified atom stereocenters. The van der Waals surface area contributed by atoms with Crippen LogP contribution in [-0.2, 0) is 10.0 Å². The third-order valence-corrected chi connectivity index (χ3v) is 6.53. The zero-order valence-electron chi connectivity index (χ0n) is 11.9. The van der Waals surface area contributed by atoms with Crippen LogP contribution in [0.5, 0.6) is 0 Å². The smallest absolute Gasteiger partial charge is 0.345 e. The summed E-state index contributed by atoms with van der Waals surface area (Å²) in [7, 11) is 0.325. The van der Waals surface area contributed by atoms with Gasteiger partial charge in [0.15, 0.2) is 0 Å². The maximum absolute atomic E-state index is 12.2. The summed E-state index contributed by atoms with van der Waals surface area (Å²) in [6, 6.07) is 2.74. The first kappa shape index (κ1) is 16.4. The van der Waals surface area contributed by atoms with Crippen LogP contribution in [0.25, 0.3) is 0 Å². The van der Waals surface area contributed by atoms with Crippen LogP contribution in [0, 0.1) is 0 Å². The molecule has 0 aliphatic carbocycles. The highest BCUT2D eigenvalue weighted by molar-refractivity contribution is 7.91. The molecule has 0 amide bonds. The van der Waals surface area contributed by atoms with E-state index in [9.17, 15) is 13.2 Å². The van der Waals surface area contributed by atoms with Gasteiger partial charge in [-0.1, -0.05) is 0 Å². The molecule has 2 N–H and O–H groups in total. The van der Waals surface area contributed by atoms with Crippen LogP contribution in [0.2, 0.25) is 0 Å². The monoisotopic (exact) mass is 333 g/mol. The second-order valence-electron chi connectivity index (χ2n) is 5.17. The number of hydrogen-bond donors (Lipinski definition) is 2. The van der Waals surface area contributed by atoms with Gasteiger partial charge >= 0.3 is 5.97 Å². The van der Waals surface area contributed by atoms with E-state index in [0.717, 1.165) is 31.0 Å². The lowest BCUT2D eigenvalue weighted by Gasteiger charge is -2.37. The minimum Gasteiger partial charge on any atom is -0.477 e. The molecule has 1 aliphatic heterocycles. The number of nitrogens with zero attached hydrogens (tertiary/aromatic N) is 2. The summed E-state index contributed by atoms with van der Waals surface area (Å²) in [5.74, 6) is -1.12. The molecule has 1 saturated heterocycles. The van der Waals surface area contributed by atoms with Crippen molar-refractivity contribution in [1.29, 1.82) is 0 Å². The number of piperazine rings is 1. The molecule has 7 nitrogen and oxygen atoms in total. The van der Waals surface area contributed by atoms with Gasteiger partial charge in [0, 0.05) is 32.2 Å². The third kappa shape index (κ3) is 4.01. The number of thiophene rings is 1. The summed E-state index contributed by atoms with van der Waals surface area (Å²) >= 11 is 0.762. The SMILES string of the molecule is CN1CCN(C)C(CNS(=O)(=O)c2ccc(C(=O)O)s2)C1. The first-order valence-electron chi connectivity index (χ1n) is 6.51. The predicted molar refractivity (Wildman–Crippen MR) is 80.4 cm³/mol. The largest absolute Gasteiger partial charge is 0.477 e. The molecule has 0 bridgehead atoms. The normalized spacial score (nSPS) is 21.5. The molecular weight excluding hydrogens is 314 g/mol. The number of hydrogen-bond acceptors (Lipinski definition) is 6. The lowest BCUT2D eigenvalue weighted by molar-refractivity contribution is 0.0702. The summed E-state index contributed by atoms with van der Waals surface area (Å²) in [4.78, 5) is 15.1. The van der Waals surface area contributed by atoms with Gasteiger partial charge in [-0.05, 0) is 26.2 Å². The Kier molecular flexibility index (Phi) is 4.99. The number of carboxylic acids is 1. The number of carboxylic acid groups (broad SMARTS) is 1. The van der Waals surface area contributed by atoms with Crippen molar-refractivity contribution in [2.24, 2.45) is 0 Å². The second-order valence-corrected chi connectivity index (χ2v) is 8.25. The van der Waals surface area contributed by atoms with E-state index in [1.54, 1.807) is 0 Å². The summed E-state index contributed by atoms with van der Waals surface area (Å²) in [5, 5.41) is 8.84. The van der Waals surface area contributed by atoms with Gasteiger partial charge in [-0.25, -0.2) is 17.9 Å². The molecule has 1 atom stereocenters. The van der Waals surface area contributed by atoms with Crippen molar-refractivity contribution in [3.8, 4) is 0 Å². The first-order valence-corrected chi connectivity index (χ1v) is 8.81. The molecule has 1 aromatic rings. The Labute approximate surface area is 128 Å². The minimum absolute atomic E-state index is 0.0184. The molecule has 1 fully saturated rings. The average Bonchev–Trinajstić information content (AvgIpc) is 2.90. The lowest BCUT2D eigenvalue weighted by Crippen LogP contribution is -2.54. The van der Waals surface area contributed by atoms with Crippen molar-refractivity contribution in [3.05, 3.63) is 17.0 Å². The van der Waals surface area contributed by atoms with Crippen LogP contribution in [0.15, 0.2) is 16.3 Å². The number of sulfonamides is 1. The first-order chi connectivity index (χ1) is 9.79. The second kappa shape index (κ2) is 6.41. The van der Waals surface area contributed by atoms with E-state index in [-0.39, 0.29) is 15.1 Å². The maximum atomic E-state index is 12.2. The third-order valence-electron chi connectivity index (χ3n) is 3.55. The predicted octanol–water partition coefficient (Wildman–Crippen LogP) is -0.0296. The van der Waals surface area contributed by atoms with Gasteiger partial charge in [0.2, 0.25) is 10.0 Å². The van der Waals surface area contributed by atoms with Gasteiger partial charge < -0.3 is 10.0 Å². The number of nitrogens with one attached hydrogen (secondary N) is 1. The number of carbonyl (C=O) groups is 1. The highest BCUT2D eigenvalue weighted by Gasteiger charge is 2.25. The molecule has 9 heteroatoms. The highest BCUT2D eigenvalue weighted by atomic mass is 32.2. The Balaban J connectivity index is 2.01. The summed E-state index contributed by atoms with van der Waals surface area (Å²) in [6.45, 7) is 2.96. The zero-order valence-corrected chi connectivity index (χ0v) is 13.6. The van der Waals surface area contributed by atoms with E-state index in [4.69, 9.17) is 5.11 Å². The van der Waals surface area contributed by atoms with Gasteiger partial charge in [0.25, 0.3) is 0 Å². The van der Waals surface area contributed by atoms with Gasteiger partial charge in [-0.15, -0.1) is 11.3 Å². The van der Waals surface area contributed by atoms with Crippen LogP contribution in [0.1, 0.15) is 9.67 Å². The summed E-state index contributed by atoms with van der Waals surface area (Å²) < 4.78 is 27.0. The molecule has 1 aliphatic rings. The lowest BCUT2D eigenvalue weighted by atomic mass is 10.2. The summed E-state index contributed by atoms with van der Waals surface area (Å²) in [6.07, 6.45) is 0. The van der Waals surface area contributed by atoms with Crippen LogP contribution in [-0.4, -0.2) is 75.6 Å². The van der Waals surface area contributed by atoms with Gasteiger partial charge in [-0.2, -0.15) is 0 Å². The van der Waals surface area contributed by atoms with E-state index in [1.807, 2.05) is 14.1 Å². The Hall–Kier alpha value is -1.00. The van der Waals surface area contributed by atoms with Crippen molar-refractivity contribution >= 4 is 27.3 Å². The molecular formula is C12H19N3O4S2. The van der Waals surface area contributed by atoms with E-state index >= 15 is 0 Å². The van der Waals surface area contributed by atoms with Crippen LogP contribution >= 0.6 is 11.3 Å². The van der Waals surface area contributed by atoms with Crippen molar-refractivity contribution in [2.75, 3.05) is 40.3 Å². The molecule has 21 heavy (non-hydrogen) atoms. The zero-order chi connectivity index (χ0) is 15.6. The van der Waals surface area contributed by atoms with E-state index in [1.165, 1.54) is 12.1 Å².